The molecule has 0 spiro atoms. The molecule has 1 fully saturated rings. The topological polar surface area (TPSA) is 73.4 Å². The fourth-order valence-electron chi connectivity index (χ4n) is 1.58. The third-order valence-electron chi connectivity index (χ3n) is 2.52. The van der Waals surface area contributed by atoms with Gasteiger partial charge in [-0.25, -0.2) is 15.6 Å². The number of amides is 2. The number of carbonyl (C=O) groups excluding carboxylic acids is 1. The van der Waals surface area contributed by atoms with Crippen molar-refractivity contribution in [3.8, 4) is 6.07 Å². The Kier molecular flexibility index (Phi) is 3.52. The Bertz CT molecular complexity index is 445. The van der Waals surface area contributed by atoms with Crippen molar-refractivity contribution < 1.29 is 4.79 Å². The first-order valence-electron chi connectivity index (χ1n) is 5.12. The first-order valence-corrected chi connectivity index (χ1v) is 6.27. The van der Waals surface area contributed by atoms with Gasteiger partial charge in [-0.1, -0.05) is 18.2 Å². The number of nitrogens with two attached hydrogens (primary N) is 1. The second-order valence-electron chi connectivity index (χ2n) is 3.60. The molecule has 17 heavy (non-hydrogen) atoms. The van der Waals surface area contributed by atoms with Crippen LogP contribution in [-0.2, 0) is 0 Å². The molecule has 6 heteroatoms. The number of thioether (sulfide) groups is 1. The fourth-order valence-corrected chi connectivity index (χ4v) is 2.65. The van der Waals surface area contributed by atoms with Crippen LogP contribution in [0.2, 0.25) is 0 Å². The van der Waals surface area contributed by atoms with Crippen LogP contribution in [0, 0.1) is 11.3 Å². The average Bonchev–Trinajstić information content (AvgIpc) is 2.86. The maximum Gasteiger partial charge on any atom is 0.340 e. The number of anilines is 1. The van der Waals surface area contributed by atoms with Crippen LogP contribution in [0.25, 0.3) is 0 Å². The molecule has 0 bridgehead atoms. The van der Waals surface area contributed by atoms with Gasteiger partial charge >= 0.3 is 6.03 Å². The van der Waals surface area contributed by atoms with E-state index in [9.17, 15) is 4.79 Å². The highest BCUT2D eigenvalue weighted by Gasteiger charge is 2.31. The third kappa shape index (κ3) is 2.35. The summed E-state index contributed by atoms with van der Waals surface area (Å²) in [7, 11) is 0. The molecule has 0 aliphatic carbocycles. The van der Waals surface area contributed by atoms with E-state index in [1.165, 1.54) is 4.90 Å². The first-order chi connectivity index (χ1) is 8.24. The number of hydrogen-bond acceptors (Lipinski definition) is 4. The summed E-state index contributed by atoms with van der Waals surface area (Å²) in [5.41, 5.74) is 0.617. The summed E-state index contributed by atoms with van der Waals surface area (Å²) >= 11 is 1.56. The monoisotopic (exact) mass is 248 g/mol. The van der Waals surface area contributed by atoms with Crippen molar-refractivity contribution >= 4 is 23.5 Å². The Morgan fingerprint density at radius 1 is 1.53 bits per heavy atom. The molecular weight excluding hydrogens is 236 g/mol. The zero-order valence-corrected chi connectivity index (χ0v) is 9.93. The van der Waals surface area contributed by atoms with Gasteiger partial charge in [0.1, 0.15) is 6.04 Å². The molecule has 0 saturated carbocycles. The van der Waals surface area contributed by atoms with E-state index in [1.807, 2.05) is 18.2 Å². The predicted octanol–water partition coefficient (Wildman–Crippen LogP) is 1.39. The maximum atomic E-state index is 12.1. The van der Waals surface area contributed by atoms with E-state index in [2.05, 4.69) is 6.07 Å². The Hall–Kier alpha value is -1.71. The summed E-state index contributed by atoms with van der Waals surface area (Å²) in [6.07, 6.45) is 0. The molecule has 1 aliphatic rings. The molecule has 1 unspecified atom stereocenters. The molecule has 1 saturated heterocycles. The van der Waals surface area contributed by atoms with E-state index < -0.39 is 0 Å². The van der Waals surface area contributed by atoms with Crippen molar-refractivity contribution in [2.45, 2.75) is 6.04 Å². The number of nitrogens with zero attached hydrogens (tertiary/aromatic N) is 3. The van der Waals surface area contributed by atoms with Gasteiger partial charge in [-0.3, -0.25) is 4.90 Å². The SMILES string of the molecule is N#CC1CSCN1C(=O)N(N)c1ccccc1. The smallest absolute Gasteiger partial charge is 0.297 e. The number of rotatable bonds is 1. The normalized spacial score (nSPS) is 18.8. The van der Waals surface area contributed by atoms with Crippen molar-refractivity contribution in [1.82, 2.24) is 4.90 Å². The quantitative estimate of drug-likeness (QED) is 0.463. The van der Waals surface area contributed by atoms with Gasteiger partial charge in [0.05, 0.1) is 17.6 Å². The molecule has 1 atom stereocenters. The predicted molar refractivity (Wildman–Crippen MR) is 67.1 cm³/mol. The molecule has 5 nitrogen and oxygen atoms in total. The van der Waals surface area contributed by atoms with Crippen LogP contribution in [0.15, 0.2) is 30.3 Å². The summed E-state index contributed by atoms with van der Waals surface area (Å²) in [5.74, 6) is 6.91. The molecule has 2 N–H and O–H groups in total. The minimum Gasteiger partial charge on any atom is -0.297 e. The molecule has 88 valence electrons. The number of carbonyl (C=O) groups is 1. The lowest BCUT2D eigenvalue weighted by Gasteiger charge is -2.25. The number of nitriles is 1. The van der Waals surface area contributed by atoms with Crippen LogP contribution in [0.3, 0.4) is 0 Å². The Morgan fingerprint density at radius 2 is 2.24 bits per heavy atom. The minimum absolute atomic E-state index is 0.340. The highest BCUT2D eigenvalue weighted by Crippen LogP contribution is 2.22. The van der Waals surface area contributed by atoms with Crippen LogP contribution in [0.5, 0.6) is 0 Å². The molecular formula is C11H12N4OS. The second kappa shape index (κ2) is 5.08. The van der Waals surface area contributed by atoms with E-state index >= 15 is 0 Å². The molecule has 2 amide bonds. The molecule has 2 rings (SSSR count). The van der Waals surface area contributed by atoms with Gasteiger partial charge in [-0.15, -0.1) is 11.8 Å². The van der Waals surface area contributed by atoms with Crippen LogP contribution >= 0.6 is 11.8 Å². The fraction of sp³-hybridized carbons (Fsp3) is 0.273. The molecule has 0 radical (unpaired) electrons. The average molecular weight is 248 g/mol. The lowest BCUT2D eigenvalue weighted by molar-refractivity contribution is 0.211. The largest absolute Gasteiger partial charge is 0.340 e. The van der Waals surface area contributed by atoms with Gasteiger partial charge < -0.3 is 0 Å². The highest BCUT2D eigenvalue weighted by atomic mass is 32.2. The van der Waals surface area contributed by atoms with E-state index in [0.29, 0.717) is 17.3 Å². The molecule has 1 aromatic rings. The second-order valence-corrected chi connectivity index (χ2v) is 4.60. The third-order valence-corrected chi connectivity index (χ3v) is 3.53. The first kappa shape index (κ1) is 11.8. The van der Waals surface area contributed by atoms with E-state index in [-0.39, 0.29) is 12.1 Å². The van der Waals surface area contributed by atoms with Crippen LogP contribution in [-0.4, -0.2) is 28.6 Å². The maximum absolute atomic E-state index is 12.1. The lowest BCUT2D eigenvalue weighted by atomic mass is 10.3. The van der Waals surface area contributed by atoms with Gasteiger partial charge in [0.15, 0.2) is 0 Å². The molecule has 1 heterocycles. The van der Waals surface area contributed by atoms with Crippen LogP contribution < -0.4 is 10.9 Å². The molecule has 0 aromatic heterocycles. The van der Waals surface area contributed by atoms with Crippen molar-refractivity contribution in [1.29, 1.82) is 5.26 Å². The van der Waals surface area contributed by atoms with Crippen molar-refractivity contribution in [2.75, 3.05) is 16.6 Å². The minimum atomic E-state index is -0.387. The van der Waals surface area contributed by atoms with Crippen molar-refractivity contribution in [3.05, 3.63) is 30.3 Å². The lowest BCUT2D eigenvalue weighted by Crippen LogP contribution is -2.49. The number of hydrogen-bond donors (Lipinski definition) is 1. The molecule has 1 aliphatic heterocycles. The van der Waals surface area contributed by atoms with Crippen LogP contribution in [0.1, 0.15) is 0 Å². The highest BCUT2D eigenvalue weighted by molar-refractivity contribution is 7.99. The Balaban J connectivity index is 2.13. The summed E-state index contributed by atoms with van der Waals surface area (Å²) in [6, 6.07) is 10.4. The zero-order valence-electron chi connectivity index (χ0n) is 9.11. The number of para-hydroxylation sites is 1. The zero-order chi connectivity index (χ0) is 12.3. The Morgan fingerprint density at radius 3 is 2.88 bits per heavy atom. The van der Waals surface area contributed by atoms with Gasteiger partial charge in [0, 0.05) is 5.75 Å². The van der Waals surface area contributed by atoms with Gasteiger partial charge in [-0.2, -0.15) is 5.26 Å². The number of benzene rings is 1. The van der Waals surface area contributed by atoms with Gasteiger partial charge in [0.25, 0.3) is 0 Å². The Labute approximate surface area is 104 Å². The van der Waals surface area contributed by atoms with E-state index in [4.69, 9.17) is 11.1 Å². The summed E-state index contributed by atoms with van der Waals surface area (Å²) in [5, 5.41) is 10.0. The van der Waals surface area contributed by atoms with E-state index in [0.717, 1.165) is 5.01 Å². The number of hydrazine groups is 1. The number of urea groups is 1. The van der Waals surface area contributed by atoms with Crippen LogP contribution in [0.4, 0.5) is 10.5 Å². The molecule has 1 aromatic carbocycles. The summed E-state index contributed by atoms with van der Waals surface area (Å²) in [6.45, 7) is 0. The van der Waals surface area contributed by atoms with Gasteiger partial charge in [-0.05, 0) is 12.1 Å². The standard InChI is InChI=1S/C11H12N4OS/c12-6-10-7-17-8-14(10)11(16)15(13)9-4-2-1-3-5-9/h1-5,10H,7-8,13H2. The van der Waals surface area contributed by atoms with Crippen molar-refractivity contribution in [2.24, 2.45) is 5.84 Å². The summed E-state index contributed by atoms with van der Waals surface area (Å²) in [4.78, 5) is 13.6. The van der Waals surface area contributed by atoms with Gasteiger partial charge in [0.2, 0.25) is 0 Å². The summed E-state index contributed by atoms with van der Waals surface area (Å²) < 4.78 is 0. The van der Waals surface area contributed by atoms with E-state index in [1.54, 1.807) is 23.9 Å². The van der Waals surface area contributed by atoms with Crippen molar-refractivity contribution in [3.63, 3.8) is 0 Å².